The van der Waals surface area contributed by atoms with Crippen LogP contribution in [0.4, 0.5) is 10.5 Å². The fourth-order valence-electron chi connectivity index (χ4n) is 5.64. The van der Waals surface area contributed by atoms with E-state index in [4.69, 9.17) is 0 Å². The monoisotopic (exact) mass is 556 g/mol. The number of hydrogen-bond donors (Lipinski definition) is 2. The van der Waals surface area contributed by atoms with Crippen LogP contribution in [0.25, 0.3) is 0 Å². The van der Waals surface area contributed by atoms with Gasteiger partial charge >= 0.3 is 6.03 Å². The van der Waals surface area contributed by atoms with E-state index in [0.717, 1.165) is 22.4 Å². The van der Waals surface area contributed by atoms with Gasteiger partial charge in [-0.05, 0) is 34.9 Å². The Kier molecular flexibility index (Phi) is 8.11. The van der Waals surface area contributed by atoms with Gasteiger partial charge in [-0.1, -0.05) is 60.7 Å². The van der Waals surface area contributed by atoms with Gasteiger partial charge in [-0.15, -0.1) is 0 Å². The number of carbonyl (C=O) groups is 3. The first kappa shape index (κ1) is 28.0. The van der Waals surface area contributed by atoms with E-state index in [1.165, 1.54) is 0 Å². The number of fused-ring (bicyclic) bond motifs is 1. The van der Waals surface area contributed by atoms with Crippen molar-refractivity contribution in [1.29, 1.82) is 0 Å². The number of nitrogens with zero attached hydrogens (tertiary/aromatic N) is 5. The van der Waals surface area contributed by atoms with E-state index >= 15 is 0 Å². The maximum absolute atomic E-state index is 14.1. The van der Waals surface area contributed by atoms with Gasteiger partial charge in [-0.2, -0.15) is 0 Å². The topological polar surface area (TPSA) is 99.7 Å². The third-order valence-electron chi connectivity index (χ3n) is 7.63. The molecule has 2 fully saturated rings. The van der Waals surface area contributed by atoms with Crippen LogP contribution in [-0.4, -0.2) is 89.2 Å². The number of rotatable bonds is 7. The van der Waals surface area contributed by atoms with Crippen LogP contribution >= 0.6 is 0 Å². The first-order valence-corrected chi connectivity index (χ1v) is 13.7. The largest absolute Gasteiger partial charge is 0.508 e. The molecule has 41 heavy (non-hydrogen) atoms. The highest BCUT2D eigenvalue weighted by molar-refractivity contribution is 5.91. The Hall–Kier alpha value is -4.57. The summed E-state index contributed by atoms with van der Waals surface area (Å²) in [6.07, 6.45) is -0.431. The predicted octanol–water partition coefficient (Wildman–Crippen LogP) is 2.64. The summed E-state index contributed by atoms with van der Waals surface area (Å²) < 4.78 is 0. The van der Waals surface area contributed by atoms with Crippen LogP contribution in [0.2, 0.25) is 0 Å². The Labute approximate surface area is 240 Å². The lowest BCUT2D eigenvalue weighted by molar-refractivity contribution is -0.187. The van der Waals surface area contributed by atoms with Crippen LogP contribution in [0.15, 0.2) is 78.9 Å². The van der Waals surface area contributed by atoms with Gasteiger partial charge in [0, 0.05) is 46.3 Å². The fraction of sp³-hybridized carbons (Fsp3) is 0.323. The van der Waals surface area contributed by atoms with Crippen LogP contribution in [0.3, 0.4) is 0 Å². The van der Waals surface area contributed by atoms with E-state index in [-0.39, 0.29) is 43.1 Å². The summed E-state index contributed by atoms with van der Waals surface area (Å²) in [5.41, 5.74) is 3.73. The highest BCUT2D eigenvalue weighted by atomic mass is 16.3. The summed E-state index contributed by atoms with van der Waals surface area (Å²) in [6.45, 7) is 0.807. The van der Waals surface area contributed by atoms with E-state index in [2.05, 4.69) is 5.32 Å². The molecule has 3 aromatic rings. The van der Waals surface area contributed by atoms with E-state index in [1.807, 2.05) is 73.6 Å². The normalized spacial score (nSPS) is 19.2. The molecule has 0 unspecified atom stereocenters. The minimum Gasteiger partial charge on any atom is -0.508 e. The Morgan fingerprint density at radius 3 is 2.34 bits per heavy atom. The number of para-hydroxylation sites is 1. The molecule has 0 bridgehead atoms. The zero-order chi connectivity index (χ0) is 29.1. The van der Waals surface area contributed by atoms with Crippen molar-refractivity contribution in [1.82, 2.24) is 25.1 Å². The lowest BCUT2D eigenvalue weighted by Gasteiger charge is -2.54. The average molecular weight is 557 g/mol. The first-order valence-electron chi connectivity index (χ1n) is 13.7. The second-order valence-electron chi connectivity index (χ2n) is 10.7. The number of carbonyl (C=O) groups excluding carboxylic acids is 3. The zero-order valence-corrected chi connectivity index (χ0v) is 23.6. The minimum atomic E-state index is -0.810. The molecule has 0 radical (unpaired) electrons. The maximum atomic E-state index is 14.1. The number of likely N-dealkylation sites (N-methyl/N-ethyl adjacent to an activating group) is 1. The molecular weight excluding hydrogens is 520 g/mol. The lowest BCUT2D eigenvalue weighted by Crippen LogP contribution is -2.76. The van der Waals surface area contributed by atoms with Gasteiger partial charge in [-0.25, -0.2) is 14.8 Å². The number of hydrogen-bond acceptors (Lipinski definition) is 6. The summed E-state index contributed by atoms with van der Waals surface area (Å²) in [6, 6.07) is 23.0. The fourth-order valence-corrected chi connectivity index (χ4v) is 5.64. The molecule has 0 saturated carbocycles. The summed E-state index contributed by atoms with van der Waals surface area (Å²) in [7, 11) is 5.63. The summed E-state index contributed by atoms with van der Waals surface area (Å²) in [5.74, 6) is -0.263. The molecule has 2 aliphatic heterocycles. The first-order chi connectivity index (χ1) is 19.7. The molecule has 3 aromatic carbocycles. The van der Waals surface area contributed by atoms with E-state index in [1.54, 1.807) is 51.1 Å². The quantitative estimate of drug-likeness (QED) is 0.464. The van der Waals surface area contributed by atoms with Crippen molar-refractivity contribution in [2.75, 3.05) is 39.1 Å². The van der Waals surface area contributed by atoms with Crippen molar-refractivity contribution < 1.29 is 19.5 Å². The lowest BCUT2D eigenvalue weighted by atomic mass is 9.98. The van der Waals surface area contributed by atoms with Gasteiger partial charge in [0.1, 0.15) is 18.0 Å². The van der Waals surface area contributed by atoms with Crippen LogP contribution in [0.1, 0.15) is 16.7 Å². The number of nitrogens with one attached hydrogen (secondary N) is 1. The smallest absolute Gasteiger partial charge is 0.334 e. The standard InChI is InChI=1S/C31H36N6O4/c1-33(2)26-12-8-7-11-24(26)19-35-20-28-36(27(30(35)40)17-22-13-15-25(38)16-14-22)29(39)21-34(3)37(28)31(41)32-18-23-9-5-4-6-10-23/h4-16,27-28,38H,17-21H2,1-3H3,(H,32,41)/t27-,28+/m0/s1. The summed E-state index contributed by atoms with van der Waals surface area (Å²) in [5, 5.41) is 16.0. The van der Waals surface area contributed by atoms with Crippen molar-refractivity contribution in [2.45, 2.75) is 31.7 Å². The summed E-state index contributed by atoms with van der Waals surface area (Å²) in [4.78, 5) is 46.6. The second kappa shape index (κ2) is 11.9. The zero-order valence-electron chi connectivity index (χ0n) is 23.6. The van der Waals surface area contributed by atoms with Gasteiger partial charge in [-0.3, -0.25) is 9.59 Å². The molecule has 4 amide bonds. The highest BCUT2D eigenvalue weighted by Crippen LogP contribution is 2.30. The van der Waals surface area contributed by atoms with E-state index in [0.29, 0.717) is 13.1 Å². The molecule has 5 rings (SSSR count). The van der Waals surface area contributed by atoms with Gasteiger partial charge < -0.3 is 25.1 Å². The number of urea groups is 1. The number of piperazine rings is 1. The second-order valence-corrected chi connectivity index (χ2v) is 10.7. The predicted molar refractivity (Wildman–Crippen MR) is 156 cm³/mol. The maximum Gasteiger partial charge on any atom is 0.334 e. The summed E-state index contributed by atoms with van der Waals surface area (Å²) >= 11 is 0. The van der Waals surface area contributed by atoms with Crippen LogP contribution in [0.5, 0.6) is 5.75 Å². The molecule has 2 heterocycles. The third kappa shape index (κ3) is 5.97. The number of hydrazine groups is 1. The highest BCUT2D eigenvalue weighted by Gasteiger charge is 2.50. The molecule has 0 aromatic heterocycles. The van der Waals surface area contributed by atoms with E-state index < -0.39 is 12.2 Å². The van der Waals surface area contributed by atoms with Crippen LogP contribution < -0.4 is 10.2 Å². The SMILES string of the molecule is CN(C)c1ccccc1CN1C[C@@H]2N(C(=O)CN(C)N2C(=O)NCc2ccccc2)[C@@H](Cc2ccc(O)cc2)C1=O. The van der Waals surface area contributed by atoms with E-state index in [9.17, 15) is 19.5 Å². The van der Waals surface area contributed by atoms with Gasteiger partial charge in [0.15, 0.2) is 0 Å². The number of aromatic hydroxyl groups is 1. The third-order valence-corrected chi connectivity index (χ3v) is 7.63. The van der Waals surface area contributed by atoms with Crippen LogP contribution in [-0.2, 0) is 29.1 Å². The molecule has 2 atom stereocenters. The van der Waals surface area contributed by atoms with Crippen molar-refractivity contribution in [3.8, 4) is 5.75 Å². The van der Waals surface area contributed by atoms with Crippen molar-refractivity contribution >= 4 is 23.5 Å². The Morgan fingerprint density at radius 1 is 0.951 bits per heavy atom. The number of anilines is 1. The number of phenols is 1. The Bertz CT molecular complexity index is 1400. The minimum absolute atomic E-state index is 0.0297. The Morgan fingerprint density at radius 2 is 1.63 bits per heavy atom. The van der Waals surface area contributed by atoms with Crippen molar-refractivity contribution in [2.24, 2.45) is 0 Å². The molecule has 214 valence electrons. The molecule has 10 nitrogen and oxygen atoms in total. The average Bonchev–Trinajstić information content (AvgIpc) is 2.95. The molecule has 10 heteroatoms. The van der Waals surface area contributed by atoms with Gasteiger partial charge in [0.05, 0.1) is 13.1 Å². The van der Waals surface area contributed by atoms with Gasteiger partial charge in [0.25, 0.3) is 0 Å². The molecule has 2 aliphatic rings. The molecule has 0 spiro atoms. The molecule has 0 aliphatic carbocycles. The number of amides is 4. The van der Waals surface area contributed by atoms with Crippen molar-refractivity contribution in [3.05, 3.63) is 95.6 Å². The Balaban J connectivity index is 1.48. The number of benzene rings is 3. The molecular formula is C31H36N6O4. The number of phenolic OH excluding ortho intramolecular Hbond substituents is 1. The van der Waals surface area contributed by atoms with Crippen LogP contribution in [0, 0.1) is 0 Å². The van der Waals surface area contributed by atoms with Gasteiger partial charge in [0.2, 0.25) is 11.8 Å². The van der Waals surface area contributed by atoms with Crippen molar-refractivity contribution in [3.63, 3.8) is 0 Å². The molecule has 2 saturated heterocycles. The molecule has 2 N–H and O–H groups in total.